The first-order chi connectivity index (χ1) is 10.6. The van der Waals surface area contributed by atoms with Crippen molar-refractivity contribution in [1.82, 2.24) is 15.1 Å². The average Bonchev–Trinajstić information content (AvgIpc) is 2.50. The Balaban J connectivity index is 1.88. The summed E-state index contributed by atoms with van der Waals surface area (Å²) in [5.74, 6) is 1.01. The fraction of sp³-hybridized carbons (Fsp3) is 0.611. The smallest absolute Gasteiger partial charge is 0.193 e. The Labute approximate surface area is 135 Å². The predicted octanol–water partition coefficient (Wildman–Crippen LogP) is 2.57. The van der Waals surface area contributed by atoms with Crippen molar-refractivity contribution in [3.63, 3.8) is 0 Å². The highest BCUT2D eigenvalue weighted by atomic mass is 15.3. The molecule has 22 heavy (non-hydrogen) atoms. The summed E-state index contributed by atoms with van der Waals surface area (Å²) in [6, 6.07) is 11.9. The average molecular weight is 302 g/mol. The Morgan fingerprint density at radius 1 is 1.32 bits per heavy atom. The molecule has 4 nitrogen and oxygen atoms in total. The van der Waals surface area contributed by atoms with Gasteiger partial charge < -0.3 is 10.2 Å². The normalized spacial score (nSPS) is 23.4. The van der Waals surface area contributed by atoms with Crippen molar-refractivity contribution in [1.29, 1.82) is 0 Å². The molecule has 2 atom stereocenters. The van der Waals surface area contributed by atoms with Gasteiger partial charge in [0.25, 0.3) is 0 Å². The van der Waals surface area contributed by atoms with Crippen molar-refractivity contribution in [2.75, 3.05) is 27.2 Å². The Bertz CT molecular complexity index is 469. The van der Waals surface area contributed by atoms with E-state index in [2.05, 4.69) is 78.4 Å². The number of aliphatic imine (C=N–C) groups is 1. The highest BCUT2D eigenvalue weighted by Crippen LogP contribution is 2.20. The standard InChI is InChI=1S/C18H30N4/c1-5-19-18(21(3)4)20-17-11-12-22(15(2)13-17)14-16-9-7-6-8-10-16/h6-10,15,17H,5,11-14H2,1-4H3,(H,19,20). The molecule has 0 bridgehead atoms. The Hall–Kier alpha value is -1.55. The van der Waals surface area contributed by atoms with Crippen LogP contribution in [0.2, 0.25) is 0 Å². The van der Waals surface area contributed by atoms with E-state index in [9.17, 15) is 0 Å². The minimum Gasteiger partial charge on any atom is -0.353 e. The van der Waals surface area contributed by atoms with Gasteiger partial charge in [0.1, 0.15) is 0 Å². The van der Waals surface area contributed by atoms with Crippen LogP contribution >= 0.6 is 0 Å². The molecule has 1 N–H and O–H groups in total. The summed E-state index contributed by atoms with van der Waals surface area (Å²) in [6.45, 7) is 7.43. The largest absolute Gasteiger partial charge is 0.353 e. The fourth-order valence-electron chi connectivity index (χ4n) is 3.05. The third-order valence-corrected chi connectivity index (χ3v) is 4.31. The molecule has 2 unspecified atom stereocenters. The highest BCUT2D eigenvalue weighted by Gasteiger charge is 2.26. The number of rotatable bonds is 4. The molecule has 1 aromatic rings. The van der Waals surface area contributed by atoms with E-state index in [-0.39, 0.29) is 0 Å². The molecule has 2 rings (SSSR count). The van der Waals surface area contributed by atoms with Gasteiger partial charge in [0.05, 0.1) is 0 Å². The van der Waals surface area contributed by atoms with E-state index in [1.165, 1.54) is 18.4 Å². The molecule has 1 saturated heterocycles. The maximum Gasteiger partial charge on any atom is 0.193 e. The van der Waals surface area contributed by atoms with Crippen LogP contribution in [0.15, 0.2) is 35.3 Å². The topological polar surface area (TPSA) is 30.9 Å². The van der Waals surface area contributed by atoms with Crippen LogP contribution in [-0.4, -0.2) is 55.0 Å². The van der Waals surface area contributed by atoms with E-state index in [1.807, 2.05) is 0 Å². The van der Waals surface area contributed by atoms with Crippen molar-refractivity contribution in [2.45, 2.75) is 45.3 Å². The third kappa shape index (κ3) is 4.73. The zero-order chi connectivity index (χ0) is 15.9. The first kappa shape index (κ1) is 16.8. The van der Waals surface area contributed by atoms with Gasteiger partial charge in [-0.15, -0.1) is 0 Å². The fourth-order valence-corrected chi connectivity index (χ4v) is 3.05. The van der Waals surface area contributed by atoms with Crippen molar-refractivity contribution in [3.05, 3.63) is 35.9 Å². The molecule has 0 saturated carbocycles. The molecule has 122 valence electrons. The second kappa shape index (κ2) is 8.18. The van der Waals surface area contributed by atoms with Gasteiger partial charge in [-0.25, -0.2) is 0 Å². The van der Waals surface area contributed by atoms with Crippen LogP contribution in [0.4, 0.5) is 0 Å². The molecule has 1 fully saturated rings. The number of likely N-dealkylation sites (tertiary alicyclic amines) is 1. The van der Waals surface area contributed by atoms with Crippen LogP contribution in [-0.2, 0) is 6.54 Å². The first-order valence-corrected chi connectivity index (χ1v) is 8.36. The summed E-state index contributed by atoms with van der Waals surface area (Å²) in [6.07, 6.45) is 2.34. The molecule has 0 aliphatic carbocycles. The van der Waals surface area contributed by atoms with Crippen LogP contribution in [0.3, 0.4) is 0 Å². The lowest BCUT2D eigenvalue weighted by molar-refractivity contribution is 0.133. The molecule has 0 spiro atoms. The number of nitrogens with zero attached hydrogens (tertiary/aromatic N) is 3. The molecule has 0 aromatic heterocycles. The third-order valence-electron chi connectivity index (χ3n) is 4.31. The van der Waals surface area contributed by atoms with Crippen molar-refractivity contribution < 1.29 is 0 Å². The summed E-state index contributed by atoms with van der Waals surface area (Å²) in [5.41, 5.74) is 1.40. The SMILES string of the molecule is CCN=C(NC1CCN(Cc2ccccc2)C(C)C1)N(C)C. The lowest BCUT2D eigenvalue weighted by Crippen LogP contribution is -2.51. The molecule has 1 aliphatic heterocycles. The lowest BCUT2D eigenvalue weighted by Gasteiger charge is -2.39. The zero-order valence-corrected chi connectivity index (χ0v) is 14.4. The van der Waals surface area contributed by atoms with Gasteiger partial charge in [-0.2, -0.15) is 0 Å². The predicted molar refractivity (Wildman–Crippen MR) is 94.1 cm³/mol. The second-order valence-electron chi connectivity index (χ2n) is 6.36. The zero-order valence-electron chi connectivity index (χ0n) is 14.4. The minimum absolute atomic E-state index is 0.523. The molecule has 1 aliphatic rings. The maximum atomic E-state index is 4.55. The number of hydrogen-bond donors (Lipinski definition) is 1. The number of hydrogen-bond acceptors (Lipinski definition) is 2. The van der Waals surface area contributed by atoms with Crippen LogP contribution in [0.5, 0.6) is 0 Å². The summed E-state index contributed by atoms with van der Waals surface area (Å²) in [7, 11) is 4.10. The summed E-state index contributed by atoms with van der Waals surface area (Å²) in [5, 5.41) is 3.62. The van der Waals surface area contributed by atoms with Crippen LogP contribution in [0.1, 0.15) is 32.3 Å². The Morgan fingerprint density at radius 3 is 2.64 bits per heavy atom. The van der Waals surface area contributed by atoms with Crippen LogP contribution < -0.4 is 5.32 Å². The van der Waals surface area contributed by atoms with E-state index in [0.717, 1.165) is 25.6 Å². The van der Waals surface area contributed by atoms with Crippen molar-refractivity contribution >= 4 is 5.96 Å². The summed E-state index contributed by atoms with van der Waals surface area (Å²) < 4.78 is 0. The molecule has 0 amide bonds. The lowest BCUT2D eigenvalue weighted by atomic mass is 9.97. The van der Waals surface area contributed by atoms with Crippen LogP contribution in [0.25, 0.3) is 0 Å². The summed E-state index contributed by atoms with van der Waals surface area (Å²) in [4.78, 5) is 9.20. The van der Waals surface area contributed by atoms with E-state index in [4.69, 9.17) is 0 Å². The molecule has 0 radical (unpaired) electrons. The summed E-state index contributed by atoms with van der Waals surface area (Å²) >= 11 is 0. The monoisotopic (exact) mass is 302 g/mol. The van der Waals surface area contributed by atoms with Gasteiger partial charge in [-0.05, 0) is 32.3 Å². The van der Waals surface area contributed by atoms with E-state index in [0.29, 0.717) is 12.1 Å². The van der Waals surface area contributed by atoms with Crippen molar-refractivity contribution in [3.8, 4) is 0 Å². The van der Waals surface area contributed by atoms with Gasteiger partial charge in [-0.3, -0.25) is 9.89 Å². The first-order valence-electron chi connectivity index (χ1n) is 8.36. The van der Waals surface area contributed by atoms with Gasteiger partial charge in [0, 0.05) is 45.8 Å². The van der Waals surface area contributed by atoms with E-state index < -0.39 is 0 Å². The Morgan fingerprint density at radius 2 is 2.05 bits per heavy atom. The molecular weight excluding hydrogens is 272 g/mol. The molecular formula is C18H30N4. The molecule has 1 aromatic carbocycles. The van der Waals surface area contributed by atoms with E-state index in [1.54, 1.807) is 0 Å². The number of guanidine groups is 1. The van der Waals surface area contributed by atoms with E-state index >= 15 is 0 Å². The van der Waals surface area contributed by atoms with Gasteiger partial charge >= 0.3 is 0 Å². The number of benzene rings is 1. The Kier molecular flexibility index (Phi) is 6.25. The van der Waals surface area contributed by atoms with Gasteiger partial charge in [-0.1, -0.05) is 30.3 Å². The highest BCUT2D eigenvalue weighted by molar-refractivity contribution is 5.79. The van der Waals surface area contributed by atoms with Gasteiger partial charge in [0.2, 0.25) is 0 Å². The van der Waals surface area contributed by atoms with Crippen LogP contribution in [0, 0.1) is 0 Å². The quantitative estimate of drug-likeness (QED) is 0.685. The molecule has 4 heteroatoms. The molecule has 1 heterocycles. The second-order valence-corrected chi connectivity index (χ2v) is 6.36. The minimum atomic E-state index is 0.523. The number of nitrogens with one attached hydrogen (secondary N) is 1. The maximum absolute atomic E-state index is 4.55. The van der Waals surface area contributed by atoms with Crippen molar-refractivity contribution in [2.24, 2.45) is 4.99 Å². The van der Waals surface area contributed by atoms with Gasteiger partial charge in [0.15, 0.2) is 5.96 Å². The number of piperidine rings is 1.